The van der Waals surface area contributed by atoms with Crippen LogP contribution in [0.2, 0.25) is 0 Å². The van der Waals surface area contributed by atoms with E-state index in [9.17, 15) is 0 Å². The van der Waals surface area contributed by atoms with E-state index in [1.165, 1.54) is 29.3 Å². The van der Waals surface area contributed by atoms with Crippen LogP contribution in [0.5, 0.6) is 11.5 Å². The second-order valence-electron chi connectivity index (χ2n) is 22.7. The maximum absolute atomic E-state index is 8.82. The third-order valence-corrected chi connectivity index (χ3v) is 14.6. The summed E-state index contributed by atoms with van der Waals surface area (Å²) < 4.78 is 66.3. The van der Waals surface area contributed by atoms with E-state index in [4.69, 9.17) is 17.9 Å². The number of imidazole rings is 1. The lowest BCUT2D eigenvalue weighted by Crippen LogP contribution is -2.35. The van der Waals surface area contributed by atoms with Crippen molar-refractivity contribution in [1.82, 2.24) is 14.1 Å². The van der Waals surface area contributed by atoms with Crippen LogP contribution in [0, 0.1) is 20.0 Å². The van der Waals surface area contributed by atoms with Gasteiger partial charge in [0.25, 0.3) is 6.33 Å². The van der Waals surface area contributed by atoms with E-state index in [0.717, 1.165) is 83.5 Å². The zero-order chi connectivity index (χ0) is 55.7. The van der Waals surface area contributed by atoms with E-state index in [2.05, 4.69) is 175 Å². The van der Waals surface area contributed by atoms with Crippen LogP contribution in [0.1, 0.15) is 98.4 Å². The Hall–Kier alpha value is -8.02. The molecule has 360 valence electrons. The van der Waals surface area contributed by atoms with Crippen molar-refractivity contribution in [3.05, 3.63) is 210 Å². The maximum atomic E-state index is 8.82. The fraction of sp³-hybridized carbons (Fsp3) is 0.206. The summed E-state index contributed by atoms with van der Waals surface area (Å²) in [6.07, 6.45) is 5.80. The molecule has 0 saturated heterocycles. The van der Waals surface area contributed by atoms with Crippen molar-refractivity contribution in [2.24, 2.45) is 0 Å². The zero-order valence-corrected chi connectivity index (χ0v) is 42.9. The molecule has 11 aromatic rings. The Balaban J connectivity index is 1.15. The van der Waals surface area contributed by atoms with E-state index in [-0.39, 0.29) is 32.9 Å². The van der Waals surface area contributed by atoms with Gasteiger partial charge in [-0.3, -0.25) is 13.7 Å². The Labute approximate surface area is 438 Å². The quantitative estimate of drug-likeness (QED) is 0.127. The Kier molecular flexibility index (Phi) is 9.10. The first-order valence-corrected chi connectivity index (χ1v) is 25.2. The molecule has 0 radical (unpaired) electrons. The summed E-state index contributed by atoms with van der Waals surface area (Å²) in [5, 5.41) is 2.19. The monoisotopic (exact) mass is 957 g/mol. The number of aromatic nitrogens is 4. The molecular formula is C68H62N4O. The van der Waals surface area contributed by atoms with Crippen LogP contribution in [-0.2, 0) is 16.2 Å². The molecule has 0 spiro atoms. The molecule has 1 aliphatic rings. The molecule has 5 nitrogen and oxygen atoms in total. The predicted molar refractivity (Wildman–Crippen MR) is 303 cm³/mol. The lowest BCUT2D eigenvalue weighted by molar-refractivity contribution is -0.572. The average Bonchev–Trinajstić information content (AvgIpc) is 4.08. The summed E-state index contributed by atoms with van der Waals surface area (Å²) in [6, 6.07) is 56.8. The standard InChI is InChI=1S/C68H62N4O/c1-42-20-18-21-43(2)63(42)44-34-56-52-26-14-12-24-50(52)51-25-13-15-27-53(51)57-36-46(67(6,7)8)37-58(68(9,10)11)64(57)71-41-70(61(35-44)65(56)71)47-22-19-23-48(39-47)73-49-30-31-55-54-28-16-17-29-59(54)72(60(55)40-49)62-38-45(32-33-69-62)66(3,4)5/h12-40H,1-11H3/i1D3,2D3. The minimum Gasteiger partial charge on any atom is -0.458 e. The van der Waals surface area contributed by atoms with Crippen molar-refractivity contribution in [3.8, 4) is 73.2 Å². The predicted octanol–water partition coefficient (Wildman–Crippen LogP) is 17.5. The SMILES string of the molecule is [2H]C([2H])([2H])c1cccc(C([2H])([2H])[2H])c1-c1cc2c3c(c1)n(-c1cccc(Oc4ccc5c6ccccc6n(-c6cc(C(C)(C)C)ccn6)c5c4)c1)[c-][n+]3-c1c(cc(C(C)(C)C)cc1C(C)(C)C)-c1ccccc1-c1ccccc1-2. The fourth-order valence-corrected chi connectivity index (χ4v) is 10.9. The Bertz CT molecular complexity index is 4240. The minimum absolute atomic E-state index is 0.0384. The molecule has 0 atom stereocenters. The van der Waals surface area contributed by atoms with Gasteiger partial charge in [-0.2, -0.15) is 0 Å². The molecule has 5 heteroatoms. The first kappa shape index (κ1) is 39.6. The molecule has 0 unspecified atom stereocenters. The van der Waals surface area contributed by atoms with Crippen molar-refractivity contribution in [1.29, 1.82) is 0 Å². The second kappa shape index (κ2) is 16.8. The van der Waals surface area contributed by atoms with Crippen LogP contribution in [-0.4, -0.2) is 14.1 Å². The molecule has 3 aromatic heterocycles. The summed E-state index contributed by atoms with van der Waals surface area (Å²) in [5.41, 5.74) is 14.4. The third-order valence-electron chi connectivity index (χ3n) is 14.6. The molecule has 0 aliphatic carbocycles. The van der Waals surface area contributed by atoms with Gasteiger partial charge in [0.2, 0.25) is 0 Å². The van der Waals surface area contributed by atoms with Gasteiger partial charge < -0.3 is 4.74 Å². The molecule has 0 bridgehead atoms. The van der Waals surface area contributed by atoms with E-state index in [1.54, 1.807) is 0 Å². The molecule has 1 aliphatic heterocycles. The molecule has 0 N–H and O–H groups in total. The number of pyridine rings is 1. The van der Waals surface area contributed by atoms with Gasteiger partial charge in [-0.25, -0.2) is 4.98 Å². The molecule has 8 aromatic carbocycles. The number of benzene rings is 8. The van der Waals surface area contributed by atoms with Crippen LogP contribution in [0.3, 0.4) is 0 Å². The lowest BCUT2D eigenvalue weighted by atomic mass is 9.77. The van der Waals surface area contributed by atoms with Gasteiger partial charge in [0.15, 0.2) is 0 Å². The highest BCUT2D eigenvalue weighted by atomic mass is 16.5. The molecular weight excluding hydrogens is 889 g/mol. The Morgan fingerprint density at radius 2 is 1.14 bits per heavy atom. The molecule has 12 rings (SSSR count). The molecule has 73 heavy (non-hydrogen) atoms. The minimum atomic E-state index is -2.64. The van der Waals surface area contributed by atoms with Crippen LogP contribution < -0.4 is 9.30 Å². The summed E-state index contributed by atoms with van der Waals surface area (Å²) in [7, 11) is 0. The number of fused-ring (bicyclic) bond motifs is 10. The van der Waals surface area contributed by atoms with Gasteiger partial charge in [0, 0.05) is 31.3 Å². The van der Waals surface area contributed by atoms with Crippen molar-refractivity contribution in [2.75, 3.05) is 0 Å². The number of ether oxygens (including phenoxy) is 1. The maximum Gasteiger partial charge on any atom is 0.269 e. The van der Waals surface area contributed by atoms with Crippen molar-refractivity contribution >= 4 is 32.8 Å². The molecule has 0 amide bonds. The van der Waals surface area contributed by atoms with E-state index in [1.807, 2.05) is 65.4 Å². The summed E-state index contributed by atoms with van der Waals surface area (Å²) in [5.74, 6) is 2.04. The Morgan fingerprint density at radius 3 is 1.82 bits per heavy atom. The summed E-state index contributed by atoms with van der Waals surface area (Å²) >= 11 is 0. The van der Waals surface area contributed by atoms with Gasteiger partial charge in [0.1, 0.15) is 17.3 Å². The van der Waals surface area contributed by atoms with E-state index < -0.39 is 13.7 Å². The van der Waals surface area contributed by atoms with E-state index >= 15 is 0 Å². The number of para-hydroxylation sites is 1. The fourth-order valence-electron chi connectivity index (χ4n) is 10.9. The normalized spacial score (nSPS) is 14.2. The van der Waals surface area contributed by atoms with Gasteiger partial charge >= 0.3 is 0 Å². The van der Waals surface area contributed by atoms with Crippen molar-refractivity contribution < 1.29 is 17.5 Å². The van der Waals surface area contributed by atoms with Crippen molar-refractivity contribution in [3.63, 3.8) is 0 Å². The molecule has 0 fully saturated rings. The smallest absolute Gasteiger partial charge is 0.269 e. The van der Waals surface area contributed by atoms with Gasteiger partial charge in [-0.1, -0.05) is 172 Å². The lowest BCUT2D eigenvalue weighted by Gasteiger charge is -2.30. The molecule has 0 saturated carbocycles. The van der Waals surface area contributed by atoms with Crippen LogP contribution in [0.15, 0.2) is 176 Å². The van der Waals surface area contributed by atoms with Gasteiger partial charge in [-0.15, -0.1) is 0 Å². The third kappa shape index (κ3) is 7.76. The number of nitrogens with zero attached hydrogens (tertiary/aromatic N) is 4. The highest BCUT2D eigenvalue weighted by Gasteiger charge is 2.32. The molecule has 4 heterocycles. The number of hydrogen-bond donors (Lipinski definition) is 0. The topological polar surface area (TPSA) is 35.9 Å². The van der Waals surface area contributed by atoms with Crippen LogP contribution in [0.25, 0.3) is 94.5 Å². The first-order chi connectivity index (χ1) is 37.3. The van der Waals surface area contributed by atoms with E-state index in [0.29, 0.717) is 22.6 Å². The highest BCUT2D eigenvalue weighted by Crippen LogP contribution is 2.48. The number of aryl methyl sites for hydroxylation is 2. The van der Waals surface area contributed by atoms with Crippen molar-refractivity contribution in [2.45, 2.75) is 92.3 Å². The first-order valence-electron chi connectivity index (χ1n) is 28.2. The van der Waals surface area contributed by atoms with Gasteiger partial charge in [0.05, 0.1) is 33.4 Å². The summed E-state index contributed by atoms with van der Waals surface area (Å²) in [6.45, 7) is 14.9. The second-order valence-corrected chi connectivity index (χ2v) is 22.7. The number of hydrogen-bond acceptors (Lipinski definition) is 2. The average molecular weight is 957 g/mol. The highest BCUT2D eigenvalue weighted by molar-refractivity contribution is 6.09. The number of rotatable bonds is 5. The summed E-state index contributed by atoms with van der Waals surface area (Å²) in [4.78, 5) is 4.90. The van der Waals surface area contributed by atoms with Crippen LogP contribution in [0.4, 0.5) is 0 Å². The zero-order valence-electron chi connectivity index (χ0n) is 48.9. The largest absolute Gasteiger partial charge is 0.458 e. The Morgan fingerprint density at radius 1 is 0.507 bits per heavy atom. The van der Waals surface area contributed by atoms with Gasteiger partial charge in [-0.05, 0) is 157 Å². The van der Waals surface area contributed by atoms with Crippen LogP contribution >= 0.6 is 0 Å².